The lowest BCUT2D eigenvalue weighted by atomic mass is 9.87. The number of phosphoric acid groups is 3. The zero-order valence-corrected chi connectivity index (χ0v) is 36.0. The summed E-state index contributed by atoms with van der Waals surface area (Å²) in [5, 5.41) is 36.0. The van der Waals surface area contributed by atoms with Gasteiger partial charge in [-0.05, 0) is 12.3 Å². The van der Waals surface area contributed by atoms with Crippen LogP contribution in [0.1, 0.15) is 46.8 Å². The summed E-state index contributed by atoms with van der Waals surface area (Å²) in [7, 11) is -16.5. The number of imidazole rings is 1. The van der Waals surface area contributed by atoms with Gasteiger partial charge >= 0.3 is 23.5 Å². The van der Waals surface area contributed by atoms with Crippen molar-refractivity contribution in [3.8, 4) is 0 Å². The Morgan fingerprint density at radius 1 is 1.08 bits per heavy atom. The molecule has 1 aliphatic heterocycles. The lowest BCUT2D eigenvalue weighted by molar-refractivity contribution is -0.153. The number of aromatic nitrogens is 4. The average molecular weight is 939 g/mol. The van der Waals surface area contributed by atoms with Crippen molar-refractivity contribution < 1.29 is 90.5 Å². The number of phosphoric ester groups is 3. The standard InChI is InChI=1S/C29H49N8O19P3S/c1-16(2)9-17(10-36(44)15-38)28(43)60-8-7-31-19(39)5-6-32-26(42)23(41)29(3,4)12-53-59(50,51)56-58(48,49)52-11-18-22(55-57(45,46)47)21(40)27(54-18)37-14-35-20-24(30)33-13-34-25(20)37/h13-18,21-23,27,40-41,44H,5-12H2,1-4H3,(H,31,39)(H,32,42)(H,48,49)(H,50,51)(H2,30,33,34)(H2,45,46,47). The van der Waals surface area contributed by atoms with E-state index in [0.717, 1.165) is 29.0 Å². The predicted octanol–water partition coefficient (Wildman–Crippen LogP) is -0.825. The number of nitrogens with one attached hydrogen (secondary N) is 2. The van der Waals surface area contributed by atoms with Crippen LogP contribution in [0.2, 0.25) is 0 Å². The number of nitrogens with zero attached hydrogens (tertiary/aromatic N) is 5. The fourth-order valence-electron chi connectivity index (χ4n) is 5.48. The molecule has 3 heterocycles. The molecule has 0 saturated carbocycles. The molecule has 31 heteroatoms. The van der Waals surface area contributed by atoms with Crippen molar-refractivity contribution in [1.82, 2.24) is 35.2 Å². The minimum Gasteiger partial charge on any atom is -0.386 e. The zero-order valence-electron chi connectivity index (χ0n) is 32.5. The molecule has 2 aromatic heterocycles. The van der Waals surface area contributed by atoms with Crippen molar-refractivity contribution >= 4 is 75.6 Å². The van der Waals surface area contributed by atoms with Crippen molar-refractivity contribution in [2.45, 2.75) is 71.2 Å². The molecule has 27 nitrogen and oxygen atoms in total. The summed E-state index contributed by atoms with van der Waals surface area (Å²) in [4.78, 5) is 99.1. The number of hydrogen-bond acceptors (Lipinski definition) is 20. The molecule has 0 bridgehead atoms. The SMILES string of the molecule is CC(C)CC(CN(O)C=O)C(=O)SCCNC(=O)CCNC(=O)C(O)C(C)(C)COP(=O)(O)OP(=O)(O)OCC1OC(n2cnc3c(N)ncnc32)C(O)C1OP(=O)(O)O. The maximum Gasteiger partial charge on any atom is 0.481 e. The van der Waals surface area contributed by atoms with Gasteiger partial charge in [-0.2, -0.15) is 4.31 Å². The Morgan fingerprint density at radius 2 is 1.75 bits per heavy atom. The number of rotatable bonds is 25. The van der Waals surface area contributed by atoms with Crippen molar-refractivity contribution in [1.29, 1.82) is 0 Å². The van der Waals surface area contributed by atoms with Gasteiger partial charge in [-0.1, -0.05) is 39.5 Å². The van der Waals surface area contributed by atoms with Gasteiger partial charge in [0, 0.05) is 36.6 Å². The monoisotopic (exact) mass is 938 g/mol. The highest BCUT2D eigenvalue weighted by molar-refractivity contribution is 8.13. The Hall–Kier alpha value is -3.01. The average Bonchev–Trinajstić information content (AvgIpc) is 3.70. The van der Waals surface area contributed by atoms with Gasteiger partial charge in [0.1, 0.15) is 36.3 Å². The quantitative estimate of drug-likeness (QED) is 0.0191. The second kappa shape index (κ2) is 21.9. The summed E-state index contributed by atoms with van der Waals surface area (Å²) in [6.45, 7) is 3.81. The van der Waals surface area contributed by atoms with Crippen LogP contribution in [-0.2, 0) is 55.5 Å². The summed E-state index contributed by atoms with van der Waals surface area (Å²) in [5.41, 5.74) is 4.20. The van der Waals surface area contributed by atoms with Crippen LogP contribution >= 0.6 is 35.2 Å². The molecular weight excluding hydrogens is 889 g/mol. The largest absolute Gasteiger partial charge is 0.481 e. The van der Waals surface area contributed by atoms with E-state index >= 15 is 0 Å². The molecule has 8 unspecified atom stereocenters. The third kappa shape index (κ3) is 15.7. The molecule has 11 N–H and O–H groups in total. The first-order valence-corrected chi connectivity index (χ1v) is 23.2. The van der Waals surface area contributed by atoms with E-state index in [1.165, 1.54) is 13.8 Å². The van der Waals surface area contributed by atoms with E-state index in [9.17, 15) is 67.9 Å². The molecule has 3 amide bonds. The van der Waals surface area contributed by atoms with Crippen molar-refractivity contribution in [3.05, 3.63) is 12.7 Å². The van der Waals surface area contributed by atoms with Crippen LogP contribution in [0.15, 0.2) is 12.7 Å². The molecule has 0 aliphatic carbocycles. The van der Waals surface area contributed by atoms with Gasteiger partial charge in [-0.15, -0.1) is 0 Å². The Morgan fingerprint density at radius 3 is 2.38 bits per heavy atom. The van der Waals surface area contributed by atoms with Crippen molar-refractivity contribution in [2.24, 2.45) is 17.3 Å². The Labute approximate surface area is 346 Å². The molecule has 1 fully saturated rings. The molecule has 340 valence electrons. The first-order chi connectivity index (χ1) is 27.8. The van der Waals surface area contributed by atoms with E-state index in [-0.39, 0.29) is 66.2 Å². The maximum atomic E-state index is 12.7. The smallest absolute Gasteiger partial charge is 0.386 e. The van der Waals surface area contributed by atoms with E-state index < -0.39 is 90.5 Å². The summed E-state index contributed by atoms with van der Waals surface area (Å²) >= 11 is 0.919. The summed E-state index contributed by atoms with van der Waals surface area (Å²) in [5.74, 6) is -1.89. The number of amides is 3. The van der Waals surface area contributed by atoms with Gasteiger partial charge in [0.05, 0.1) is 26.1 Å². The normalized spacial score (nSPS) is 21.5. The second-order valence-electron chi connectivity index (χ2n) is 14.3. The number of aliphatic hydroxyl groups excluding tert-OH is 2. The summed E-state index contributed by atoms with van der Waals surface area (Å²) < 4.78 is 62.1. The number of aliphatic hydroxyl groups is 2. The Kier molecular flexibility index (Phi) is 18.7. The van der Waals surface area contributed by atoms with Gasteiger partial charge in [0.15, 0.2) is 22.8 Å². The molecule has 2 aromatic rings. The number of ether oxygens (including phenoxy) is 1. The molecule has 0 radical (unpaired) electrons. The lowest BCUT2D eigenvalue weighted by Crippen LogP contribution is -2.46. The van der Waals surface area contributed by atoms with Crippen LogP contribution < -0.4 is 16.4 Å². The van der Waals surface area contributed by atoms with Crippen LogP contribution in [0.4, 0.5) is 5.82 Å². The minimum atomic E-state index is -5.60. The lowest BCUT2D eigenvalue weighted by Gasteiger charge is -2.30. The molecule has 0 spiro atoms. The highest BCUT2D eigenvalue weighted by atomic mass is 32.2. The van der Waals surface area contributed by atoms with Crippen LogP contribution in [0.25, 0.3) is 11.2 Å². The molecule has 60 heavy (non-hydrogen) atoms. The van der Waals surface area contributed by atoms with Gasteiger partial charge in [0.25, 0.3) is 0 Å². The molecule has 3 rings (SSSR count). The van der Waals surface area contributed by atoms with E-state index in [1.54, 1.807) is 0 Å². The van der Waals surface area contributed by atoms with E-state index in [4.69, 9.17) is 19.5 Å². The second-order valence-corrected chi connectivity index (χ2v) is 19.6. The van der Waals surface area contributed by atoms with Gasteiger partial charge in [-0.3, -0.25) is 42.5 Å². The number of carbonyl (C=O) groups is 4. The Balaban J connectivity index is 1.47. The van der Waals surface area contributed by atoms with Gasteiger partial charge in [-0.25, -0.2) is 33.7 Å². The highest BCUT2D eigenvalue weighted by Gasteiger charge is 2.50. The number of fused-ring (bicyclic) bond motifs is 1. The topological polar surface area (TPSA) is 404 Å². The third-order valence-electron chi connectivity index (χ3n) is 8.36. The molecule has 0 aromatic carbocycles. The summed E-state index contributed by atoms with van der Waals surface area (Å²) in [6, 6.07) is 0. The van der Waals surface area contributed by atoms with Gasteiger partial charge < -0.3 is 50.9 Å². The van der Waals surface area contributed by atoms with E-state index in [0.29, 0.717) is 11.5 Å². The molecule has 8 atom stereocenters. The maximum absolute atomic E-state index is 12.7. The molecule has 1 saturated heterocycles. The fourth-order valence-corrected chi connectivity index (χ4v) is 9.12. The number of nitrogen functional groups attached to an aromatic ring is 1. The first-order valence-electron chi connectivity index (χ1n) is 17.7. The predicted molar refractivity (Wildman–Crippen MR) is 205 cm³/mol. The van der Waals surface area contributed by atoms with Crippen molar-refractivity contribution in [2.75, 3.05) is 44.3 Å². The zero-order chi connectivity index (χ0) is 45.2. The van der Waals surface area contributed by atoms with Crippen LogP contribution in [0.3, 0.4) is 0 Å². The number of anilines is 1. The van der Waals surface area contributed by atoms with E-state index in [1.807, 2.05) is 13.8 Å². The number of hydrogen-bond donors (Lipinski definition) is 10. The fraction of sp³-hybridized carbons (Fsp3) is 0.690. The van der Waals surface area contributed by atoms with Crippen LogP contribution in [0, 0.1) is 17.3 Å². The number of thioether (sulfide) groups is 1. The molecular formula is C29H49N8O19P3S. The highest BCUT2D eigenvalue weighted by Crippen LogP contribution is 2.61. The summed E-state index contributed by atoms with van der Waals surface area (Å²) in [6.07, 6.45) is -6.47. The van der Waals surface area contributed by atoms with Crippen LogP contribution in [0.5, 0.6) is 0 Å². The molecule has 1 aliphatic rings. The number of hydroxylamine groups is 2. The Bertz CT molecular complexity index is 1960. The van der Waals surface area contributed by atoms with Crippen LogP contribution in [-0.4, -0.2) is 146 Å². The third-order valence-corrected chi connectivity index (χ3v) is 12.5. The van der Waals surface area contributed by atoms with Gasteiger partial charge in [0.2, 0.25) is 18.2 Å². The number of carbonyl (C=O) groups excluding carboxylic acids is 4. The first kappa shape index (κ1) is 51.3. The van der Waals surface area contributed by atoms with Crippen molar-refractivity contribution in [3.63, 3.8) is 0 Å². The minimum absolute atomic E-state index is 0.0194. The number of nitrogens with two attached hydrogens (primary N) is 1. The van der Waals surface area contributed by atoms with E-state index in [2.05, 4.69) is 34.4 Å².